The van der Waals surface area contributed by atoms with Crippen LogP contribution in [0.15, 0.2) is 18.2 Å². The summed E-state index contributed by atoms with van der Waals surface area (Å²) in [6.07, 6.45) is -2.88. The van der Waals surface area contributed by atoms with E-state index in [0.29, 0.717) is 37.8 Å². The zero-order valence-corrected chi connectivity index (χ0v) is 16.2. The van der Waals surface area contributed by atoms with Crippen LogP contribution in [-0.2, 0) is 11.0 Å². The number of halogens is 3. The van der Waals surface area contributed by atoms with E-state index in [1.165, 1.54) is 6.07 Å². The van der Waals surface area contributed by atoms with E-state index < -0.39 is 29.9 Å². The predicted octanol–water partition coefficient (Wildman–Crippen LogP) is 3.59. The summed E-state index contributed by atoms with van der Waals surface area (Å²) in [5.41, 5.74) is -0.231. The first kappa shape index (κ1) is 20.8. The predicted molar refractivity (Wildman–Crippen MR) is 102 cm³/mol. The third kappa shape index (κ3) is 4.71. The fourth-order valence-corrected chi connectivity index (χ4v) is 4.07. The fraction of sp³-hybridized carbons (Fsp3) is 0.650. The number of benzene rings is 1. The maximum Gasteiger partial charge on any atom is 0.418 e. The highest BCUT2D eigenvalue weighted by Crippen LogP contribution is 2.40. The Morgan fingerprint density at radius 2 is 1.86 bits per heavy atom. The Kier molecular flexibility index (Phi) is 6.07. The summed E-state index contributed by atoms with van der Waals surface area (Å²) in [5.74, 6) is 0.676. The minimum Gasteiger partial charge on any atom is -0.374 e. The number of nitrogens with one attached hydrogen (secondary N) is 2. The molecule has 3 rings (SSSR count). The number of rotatable bonds is 4. The van der Waals surface area contributed by atoms with Crippen LogP contribution in [0.25, 0.3) is 0 Å². The summed E-state index contributed by atoms with van der Waals surface area (Å²) in [5, 5.41) is 14.7. The van der Waals surface area contributed by atoms with E-state index in [1.54, 1.807) is 6.07 Å². The quantitative estimate of drug-likeness (QED) is 0.724. The molecule has 2 aliphatic heterocycles. The number of hydrogen-bond donors (Lipinski definition) is 3. The van der Waals surface area contributed by atoms with Crippen molar-refractivity contribution in [2.24, 2.45) is 11.8 Å². The summed E-state index contributed by atoms with van der Waals surface area (Å²) < 4.78 is 41.2. The molecule has 3 N–H and O–H groups in total. The molecule has 2 heterocycles. The molecule has 8 heteroatoms. The van der Waals surface area contributed by atoms with Crippen molar-refractivity contribution < 1.29 is 23.1 Å². The summed E-state index contributed by atoms with van der Waals surface area (Å²) in [6, 6.07) is 3.52. The largest absolute Gasteiger partial charge is 0.418 e. The number of aliphatic hydroxyl groups excluding tert-OH is 1. The van der Waals surface area contributed by atoms with Crippen molar-refractivity contribution in [1.29, 1.82) is 0 Å². The molecule has 1 amide bonds. The van der Waals surface area contributed by atoms with Gasteiger partial charge in [-0.3, -0.25) is 4.79 Å². The van der Waals surface area contributed by atoms with Crippen molar-refractivity contribution in [1.82, 2.24) is 5.32 Å². The average Bonchev–Trinajstić information content (AvgIpc) is 2.63. The fourth-order valence-electron chi connectivity index (χ4n) is 4.07. The van der Waals surface area contributed by atoms with Crippen LogP contribution in [-0.4, -0.2) is 36.4 Å². The Balaban J connectivity index is 1.78. The summed E-state index contributed by atoms with van der Waals surface area (Å²) in [4.78, 5) is 13.7. The van der Waals surface area contributed by atoms with Gasteiger partial charge >= 0.3 is 6.18 Å². The minimum atomic E-state index is -4.48. The van der Waals surface area contributed by atoms with Crippen molar-refractivity contribution in [2.75, 3.05) is 23.3 Å². The van der Waals surface area contributed by atoms with Crippen LogP contribution in [0.3, 0.4) is 0 Å². The Hall–Kier alpha value is -1.96. The first-order valence-electron chi connectivity index (χ1n) is 9.86. The maximum absolute atomic E-state index is 13.7. The van der Waals surface area contributed by atoms with Gasteiger partial charge in [-0.2, -0.15) is 13.2 Å². The number of carbonyl (C=O) groups is 1. The van der Waals surface area contributed by atoms with Gasteiger partial charge in [0.1, 0.15) is 12.3 Å². The molecule has 0 saturated carbocycles. The molecule has 28 heavy (non-hydrogen) atoms. The number of hydrogen-bond acceptors (Lipinski definition) is 4. The zero-order valence-electron chi connectivity index (χ0n) is 16.2. The van der Waals surface area contributed by atoms with Crippen LogP contribution >= 0.6 is 0 Å². The Bertz CT molecular complexity index is 700. The zero-order chi connectivity index (χ0) is 20.5. The molecule has 156 valence electrons. The molecular formula is C20H28F3N3O2. The van der Waals surface area contributed by atoms with Gasteiger partial charge in [-0.1, -0.05) is 13.8 Å². The van der Waals surface area contributed by atoms with E-state index in [2.05, 4.69) is 24.5 Å². The van der Waals surface area contributed by atoms with Crippen LogP contribution in [0.2, 0.25) is 0 Å². The summed E-state index contributed by atoms with van der Waals surface area (Å²) >= 11 is 0. The van der Waals surface area contributed by atoms with Gasteiger partial charge in [0.15, 0.2) is 0 Å². The second-order valence-corrected chi connectivity index (χ2v) is 8.10. The molecule has 0 aliphatic carbocycles. The Morgan fingerprint density at radius 3 is 2.43 bits per heavy atom. The number of nitrogens with zero attached hydrogens (tertiary/aromatic N) is 1. The first-order chi connectivity index (χ1) is 13.1. The molecule has 2 saturated heterocycles. The molecule has 2 fully saturated rings. The lowest BCUT2D eigenvalue weighted by molar-refractivity contribution is -0.137. The van der Waals surface area contributed by atoms with E-state index in [0.717, 1.165) is 18.9 Å². The van der Waals surface area contributed by atoms with Gasteiger partial charge in [-0.05, 0) is 55.7 Å². The number of carbonyl (C=O) groups excluding carboxylic acids is 1. The van der Waals surface area contributed by atoms with Crippen molar-refractivity contribution in [3.05, 3.63) is 23.8 Å². The molecule has 1 aromatic carbocycles. The lowest BCUT2D eigenvalue weighted by Crippen LogP contribution is -2.49. The van der Waals surface area contributed by atoms with Crippen molar-refractivity contribution in [3.63, 3.8) is 0 Å². The average molecular weight is 399 g/mol. The van der Waals surface area contributed by atoms with Gasteiger partial charge in [0, 0.05) is 24.5 Å². The molecule has 2 aliphatic rings. The minimum absolute atomic E-state index is 0.198. The molecule has 0 spiro atoms. The Morgan fingerprint density at radius 1 is 1.18 bits per heavy atom. The van der Waals surface area contributed by atoms with Crippen LogP contribution in [0.4, 0.5) is 24.5 Å². The standard InChI is InChI=1S/C20H28F3N3O2/c1-12(2)13-7-9-26(10-8-13)17-5-3-14(11-15(17)20(21,22)23)24-16-4-6-18(27)25-19(16)28/h3,5,11-13,16,18,24,27H,4,6-10H2,1-2H3,(H,25,28). The lowest BCUT2D eigenvalue weighted by Gasteiger charge is -2.36. The smallest absolute Gasteiger partial charge is 0.374 e. The van der Waals surface area contributed by atoms with E-state index in [4.69, 9.17) is 0 Å². The SMILES string of the molecule is CC(C)C1CCN(c2ccc(NC3CCC(O)NC3=O)cc2C(F)(F)F)CC1. The van der Waals surface area contributed by atoms with Gasteiger partial charge in [0.2, 0.25) is 5.91 Å². The van der Waals surface area contributed by atoms with Crippen molar-refractivity contribution in [2.45, 2.75) is 58.0 Å². The van der Waals surface area contributed by atoms with Crippen LogP contribution in [0, 0.1) is 11.8 Å². The van der Waals surface area contributed by atoms with Gasteiger partial charge in [-0.15, -0.1) is 0 Å². The monoisotopic (exact) mass is 399 g/mol. The van der Waals surface area contributed by atoms with Crippen molar-refractivity contribution >= 4 is 17.3 Å². The molecule has 2 atom stereocenters. The van der Waals surface area contributed by atoms with Crippen molar-refractivity contribution in [3.8, 4) is 0 Å². The van der Waals surface area contributed by atoms with E-state index in [9.17, 15) is 23.1 Å². The van der Waals surface area contributed by atoms with E-state index in [1.807, 2.05) is 4.90 Å². The molecule has 0 aromatic heterocycles. The van der Waals surface area contributed by atoms with E-state index in [-0.39, 0.29) is 11.4 Å². The van der Waals surface area contributed by atoms with Crippen LogP contribution in [0.1, 0.15) is 45.1 Å². The molecule has 0 bridgehead atoms. The number of alkyl halides is 3. The third-order valence-corrected chi connectivity index (χ3v) is 5.82. The topological polar surface area (TPSA) is 64.6 Å². The van der Waals surface area contributed by atoms with Gasteiger partial charge in [0.05, 0.1) is 5.56 Å². The second-order valence-electron chi connectivity index (χ2n) is 8.10. The molecule has 5 nitrogen and oxygen atoms in total. The molecular weight excluding hydrogens is 371 g/mol. The second kappa shape index (κ2) is 8.19. The molecule has 1 aromatic rings. The molecule has 0 radical (unpaired) electrons. The first-order valence-corrected chi connectivity index (χ1v) is 9.86. The number of amides is 1. The normalized spacial score (nSPS) is 24.4. The Labute approximate surface area is 163 Å². The van der Waals surface area contributed by atoms with Crippen LogP contribution in [0.5, 0.6) is 0 Å². The highest BCUT2D eigenvalue weighted by Gasteiger charge is 2.36. The third-order valence-electron chi connectivity index (χ3n) is 5.82. The van der Waals surface area contributed by atoms with Gasteiger partial charge < -0.3 is 20.6 Å². The number of anilines is 2. The number of piperidine rings is 2. The van der Waals surface area contributed by atoms with Gasteiger partial charge in [0.25, 0.3) is 0 Å². The van der Waals surface area contributed by atoms with E-state index >= 15 is 0 Å². The van der Waals surface area contributed by atoms with Crippen LogP contribution < -0.4 is 15.5 Å². The molecule has 2 unspecified atom stereocenters. The highest BCUT2D eigenvalue weighted by atomic mass is 19.4. The highest BCUT2D eigenvalue weighted by molar-refractivity contribution is 5.85. The summed E-state index contributed by atoms with van der Waals surface area (Å²) in [6.45, 7) is 5.54. The maximum atomic E-state index is 13.7. The number of aliphatic hydroxyl groups is 1. The lowest BCUT2D eigenvalue weighted by atomic mass is 9.86. The summed E-state index contributed by atoms with van der Waals surface area (Å²) in [7, 11) is 0. The van der Waals surface area contributed by atoms with Gasteiger partial charge in [-0.25, -0.2) is 0 Å².